The van der Waals surface area contributed by atoms with Crippen LogP contribution in [0.1, 0.15) is 49.5 Å². The molecule has 4 rings (SSSR count). The fourth-order valence-corrected chi connectivity index (χ4v) is 4.96. The molecule has 0 radical (unpaired) electrons. The third-order valence-corrected chi connectivity index (χ3v) is 7.34. The summed E-state index contributed by atoms with van der Waals surface area (Å²) < 4.78 is 16.8. The predicted molar refractivity (Wildman–Crippen MR) is 144 cm³/mol. The van der Waals surface area contributed by atoms with E-state index in [9.17, 15) is 9.90 Å². The fraction of sp³-hybridized carbons (Fsp3) is 0.333. The Bertz CT molecular complexity index is 1340. The molecule has 8 heteroatoms. The SMILES string of the molecule is CCO[C@@H](Cc1ccc(OCc2sc(-c3ccc(-c4cc(C(C)(C)C)on4)cc3)cc2C)cc1)C(=O)[O-].[Li+]. The summed E-state index contributed by atoms with van der Waals surface area (Å²) >= 11 is 1.71. The number of thiophene rings is 1. The van der Waals surface area contributed by atoms with E-state index in [0.29, 0.717) is 13.2 Å². The number of nitrogens with zero attached hydrogens (tertiary/aromatic N) is 1. The van der Waals surface area contributed by atoms with E-state index in [1.165, 1.54) is 10.4 Å². The number of carboxylic acids is 1. The molecule has 2 heterocycles. The summed E-state index contributed by atoms with van der Waals surface area (Å²) in [5.41, 5.74) is 4.96. The van der Waals surface area contributed by atoms with Gasteiger partial charge in [-0.05, 0) is 48.7 Å². The molecule has 0 unspecified atom stereocenters. The molecule has 194 valence electrons. The molecule has 0 saturated carbocycles. The molecule has 0 saturated heterocycles. The molecule has 2 aromatic heterocycles. The molecule has 2 aromatic carbocycles. The molecule has 4 aromatic rings. The molecule has 0 N–H and O–H groups in total. The number of aliphatic carboxylic acids is 1. The van der Waals surface area contributed by atoms with E-state index >= 15 is 0 Å². The van der Waals surface area contributed by atoms with E-state index in [1.54, 1.807) is 18.3 Å². The molecule has 6 nitrogen and oxygen atoms in total. The number of benzene rings is 2. The first kappa shape index (κ1) is 29.7. The van der Waals surface area contributed by atoms with Crippen molar-refractivity contribution in [3.8, 4) is 27.4 Å². The van der Waals surface area contributed by atoms with Crippen LogP contribution < -0.4 is 28.7 Å². The first-order valence-corrected chi connectivity index (χ1v) is 13.2. The first-order chi connectivity index (χ1) is 17.6. The van der Waals surface area contributed by atoms with Gasteiger partial charge in [0.2, 0.25) is 0 Å². The second-order valence-electron chi connectivity index (χ2n) is 10.0. The topological polar surface area (TPSA) is 84.6 Å². The molecule has 0 spiro atoms. The largest absolute Gasteiger partial charge is 1.00 e. The Balaban J connectivity index is 0.00000400. The van der Waals surface area contributed by atoms with Crippen LogP contribution in [0, 0.1) is 6.92 Å². The fourth-order valence-electron chi connectivity index (χ4n) is 3.87. The van der Waals surface area contributed by atoms with Crippen molar-refractivity contribution >= 4 is 17.3 Å². The van der Waals surface area contributed by atoms with E-state index in [4.69, 9.17) is 14.0 Å². The van der Waals surface area contributed by atoms with Crippen LogP contribution in [-0.4, -0.2) is 23.8 Å². The number of carbonyl (C=O) groups excluding carboxylic acids is 1. The van der Waals surface area contributed by atoms with Crippen LogP contribution in [0.2, 0.25) is 0 Å². The molecule has 0 amide bonds. The zero-order chi connectivity index (χ0) is 26.6. The van der Waals surface area contributed by atoms with Crippen LogP contribution in [-0.2, 0) is 28.0 Å². The van der Waals surface area contributed by atoms with E-state index in [0.717, 1.165) is 38.8 Å². The molecule has 0 aliphatic heterocycles. The zero-order valence-corrected chi connectivity index (χ0v) is 23.7. The molecule has 38 heavy (non-hydrogen) atoms. The summed E-state index contributed by atoms with van der Waals surface area (Å²) in [6.45, 7) is 11.0. The maximum Gasteiger partial charge on any atom is 1.00 e. The van der Waals surface area contributed by atoms with E-state index in [2.05, 4.69) is 63.2 Å². The van der Waals surface area contributed by atoms with Gasteiger partial charge in [-0.25, -0.2) is 0 Å². The van der Waals surface area contributed by atoms with Gasteiger partial charge in [0.15, 0.2) is 0 Å². The van der Waals surface area contributed by atoms with Gasteiger partial charge in [-0.3, -0.25) is 0 Å². The minimum absolute atomic E-state index is 0. The Labute approximate surface area is 240 Å². The van der Waals surface area contributed by atoms with Crippen LogP contribution >= 0.6 is 11.3 Å². The van der Waals surface area contributed by atoms with Crippen molar-refractivity contribution in [2.75, 3.05) is 6.61 Å². The molecule has 1 atom stereocenters. The van der Waals surface area contributed by atoms with Gasteiger partial charge in [0, 0.05) is 39.8 Å². The Morgan fingerprint density at radius 2 is 1.71 bits per heavy atom. The van der Waals surface area contributed by atoms with Crippen LogP contribution in [0.15, 0.2) is 65.2 Å². The molecular weight excluding hydrogens is 493 g/mol. The zero-order valence-electron chi connectivity index (χ0n) is 22.9. The van der Waals surface area contributed by atoms with E-state index < -0.39 is 12.1 Å². The maximum atomic E-state index is 11.2. The molecular formula is C30H32LiNO5S. The molecule has 0 aliphatic carbocycles. The average Bonchev–Trinajstić information content (AvgIpc) is 3.51. The quantitative estimate of drug-likeness (QED) is 0.296. The Morgan fingerprint density at radius 3 is 2.29 bits per heavy atom. The van der Waals surface area contributed by atoms with Gasteiger partial charge in [0.05, 0.1) is 5.97 Å². The van der Waals surface area contributed by atoms with Crippen molar-refractivity contribution in [3.63, 3.8) is 0 Å². The van der Waals surface area contributed by atoms with Crippen molar-refractivity contribution < 1.29 is 42.8 Å². The molecule has 0 fully saturated rings. The van der Waals surface area contributed by atoms with Crippen molar-refractivity contribution in [2.45, 2.75) is 59.2 Å². The third kappa shape index (κ3) is 7.39. The van der Waals surface area contributed by atoms with E-state index in [-0.39, 0.29) is 30.7 Å². The standard InChI is InChI=1S/C30H33NO5S.Li/c1-6-34-25(29(32)33)16-20-7-13-23(14-8-20)35-18-27-19(2)15-26(37-27)22-11-9-21(10-12-22)24-17-28(36-31-24)30(3,4)5;/h7-15,17,25H,6,16,18H2,1-5H3,(H,32,33);/q;+1/p-1/t25-;/m0./s1. The number of hydrogen-bond acceptors (Lipinski definition) is 7. The third-order valence-electron chi connectivity index (χ3n) is 6.08. The number of aromatic nitrogens is 1. The van der Waals surface area contributed by atoms with Crippen LogP contribution in [0.25, 0.3) is 21.7 Å². The summed E-state index contributed by atoms with van der Waals surface area (Å²) in [7, 11) is 0. The number of rotatable bonds is 10. The first-order valence-electron chi connectivity index (χ1n) is 12.4. The van der Waals surface area contributed by atoms with Crippen LogP contribution in [0.5, 0.6) is 5.75 Å². The van der Waals surface area contributed by atoms with Crippen molar-refractivity contribution in [2.24, 2.45) is 0 Å². The molecule has 0 bridgehead atoms. The van der Waals surface area contributed by atoms with Gasteiger partial charge in [-0.15, -0.1) is 11.3 Å². The number of carboxylic acid groups (broad SMARTS) is 1. The van der Waals surface area contributed by atoms with Gasteiger partial charge in [-0.2, -0.15) is 0 Å². The summed E-state index contributed by atoms with van der Waals surface area (Å²) in [5, 5.41) is 15.4. The summed E-state index contributed by atoms with van der Waals surface area (Å²) in [5.74, 6) is 0.395. The van der Waals surface area contributed by atoms with E-state index in [1.807, 2.05) is 30.3 Å². The van der Waals surface area contributed by atoms with Gasteiger partial charge >= 0.3 is 18.9 Å². The smallest absolute Gasteiger partial charge is 0.547 e. The number of ether oxygens (including phenoxy) is 2. The van der Waals surface area contributed by atoms with Gasteiger partial charge in [0.1, 0.15) is 29.9 Å². The number of hydrogen-bond donors (Lipinski definition) is 0. The second-order valence-corrected chi connectivity index (χ2v) is 11.2. The van der Waals surface area contributed by atoms with Crippen molar-refractivity contribution in [1.82, 2.24) is 5.16 Å². The Kier molecular flexibility index (Phi) is 10.0. The number of aryl methyl sites for hydroxylation is 1. The maximum absolute atomic E-state index is 11.2. The van der Waals surface area contributed by atoms with Crippen molar-refractivity contribution in [3.05, 3.63) is 82.4 Å². The summed E-state index contributed by atoms with van der Waals surface area (Å²) in [4.78, 5) is 13.5. The van der Waals surface area contributed by atoms with Crippen LogP contribution in [0.3, 0.4) is 0 Å². The Hall–Kier alpha value is -2.82. The second kappa shape index (κ2) is 12.8. The van der Waals surface area contributed by atoms with Gasteiger partial charge < -0.3 is 23.9 Å². The minimum Gasteiger partial charge on any atom is -0.547 e. The van der Waals surface area contributed by atoms with Gasteiger partial charge in [-0.1, -0.05) is 62.3 Å². The van der Waals surface area contributed by atoms with Crippen molar-refractivity contribution in [1.29, 1.82) is 0 Å². The normalized spacial score (nSPS) is 12.1. The molecule has 0 aliphatic rings. The Morgan fingerprint density at radius 1 is 1.05 bits per heavy atom. The number of carbonyl (C=O) groups is 1. The van der Waals surface area contributed by atoms with Gasteiger partial charge in [0.25, 0.3) is 0 Å². The summed E-state index contributed by atoms with van der Waals surface area (Å²) in [6, 6.07) is 20.0. The predicted octanol–water partition coefficient (Wildman–Crippen LogP) is 2.96. The summed E-state index contributed by atoms with van der Waals surface area (Å²) in [6.07, 6.45) is -0.688. The van der Waals surface area contributed by atoms with Crippen LogP contribution in [0.4, 0.5) is 0 Å². The monoisotopic (exact) mass is 525 g/mol. The minimum atomic E-state index is -1.20. The average molecular weight is 526 g/mol.